The maximum Gasteiger partial charge on any atom is 0.243 e. The Balaban J connectivity index is 2.13. The van der Waals surface area contributed by atoms with E-state index in [1.165, 1.54) is 16.4 Å². The van der Waals surface area contributed by atoms with Crippen LogP contribution in [0.4, 0.5) is 4.39 Å². The molecule has 4 nitrogen and oxygen atoms in total. The van der Waals surface area contributed by atoms with Gasteiger partial charge in [-0.1, -0.05) is 0 Å². The highest BCUT2D eigenvalue weighted by molar-refractivity contribution is 9.10. The van der Waals surface area contributed by atoms with E-state index in [9.17, 15) is 12.8 Å². The molecule has 0 spiro atoms. The summed E-state index contributed by atoms with van der Waals surface area (Å²) in [6, 6.07) is 3.88. The molecule has 1 aromatic rings. The fourth-order valence-electron chi connectivity index (χ4n) is 2.26. The Labute approximate surface area is 127 Å². The van der Waals surface area contributed by atoms with Crippen LogP contribution < -0.4 is 0 Å². The van der Waals surface area contributed by atoms with Crippen molar-refractivity contribution in [3.63, 3.8) is 0 Å². The number of piperidine rings is 1. The van der Waals surface area contributed by atoms with Gasteiger partial charge >= 0.3 is 0 Å². The van der Waals surface area contributed by atoms with Crippen molar-refractivity contribution >= 4 is 26.0 Å². The van der Waals surface area contributed by atoms with Crippen LogP contribution in [0.2, 0.25) is 0 Å². The largest absolute Gasteiger partial charge is 0.378 e. The van der Waals surface area contributed by atoms with Crippen molar-refractivity contribution in [2.75, 3.05) is 19.7 Å². The topological polar surface area (TPSA) is 46.6 Å². The zero-order chi connectivity index (χ0) is 14.8. The monoisotopic (exact) mass is 365 g/mol. The molecule has 1 aromatic carbocycles. The van der Waals surface area contributed by atoms with Crippen LogP contribution in [0.5, 0.6) is 0 Å². The molecule has 20 heavy (non-hydrogen) atoms. The normalized spacial score (nSPS) is 18.4. The number of halogens is 2. The summed E-state index contributed by atoms with van der Waals surface area (Å²) in [5.74, 6) is -0.574. The summed E-state index contributed by atoms with van der Waals surface area (Å²) in [5, 5.41) is 0. The Morgan fingerprint density at radius 3 is 2.60 bits per heavy atom. The molecule has 0 bridgehead atoms. The number of rotatable bonds is 4. The average molecular weight is 366 g/mol. The van der Waals surface area contributed by atoms with Crippen molar-refractivity contribution in [3.8, 4) is 0 Å². The van der Waals surface area contributed by atoms with Crippen molar-refractivity contribution in [3.05, 3.63) is 28.5 Å². The van der Waals surface area contributed by atoms with Gasteiger partial charge in [-0.2, -0.15) is 4.31 Å². The lowest BCUT2D eigenvalue weighted by Crippen LogP contribution is -2.40. The predicted molar refractivity (Wildman–Crippen MR) is 77.5 cm³/mol. The summed E-state index contributed by atoms with van der Waals surface area (Å²) in [4.78, 5) is -0.00643. The second-order valence-corrected chi connectivity index (χ2v) is 7.43. The zero-order valence-corrected chi connectivity index (χ0v) is 13.6. The van der Waals surface area contributed by atoms with E-state index in [4.69, 9.17) is 4.74 Å². The number of hydrogen-bond donors (Lipinski definition) is 0. The summed E-state index contributed by atoms with van der Waals surface area (Å²) in [6.45, 7) is 3.37. The molecule has 0 saturated carbocycles. The third-order valence-corrected chi connectivity index (χ3v) is 5.87. The number of sulfonamides is 1. The summed E-state index contributed by atoms with van der Waals surface area (Å²) in [7, 11) is -3.62. The van der Waals surface area contributed by atoms with E-state index in [1.807, 2.05) is 6.92 Å². The highest BCUT2D eigenvalue weighted by atomic mass is 79.9. The maximum atomic E-state index is 13.5. The fraction of sp³-hybridized carbons (Fsp3) is 0.538. The lowest BCUT2D eigenvalue weighted by Gasteiger charge is -2.31. The Bertz CT molecular complexity index is 571. The van der Waals surface area contributed by atoms with E-state index >= 15 is 0 Å². The standard InChI is InChI=1S/C13H17BrFNO3S/c1-2-19-10-5-7-16(8-6-10)20(17,18)11-3-4-12(14)13(15)9-11/h3-4,9-10H,2,5-8H2,1H3. The fourth-order valence-corrected chi connectivity index (χ4v) is 3.99. The highest BCUT2D eigenvalue weighted by Crippen LogP contribution is 2.25. The Morgan fingerprint density at radius 2 is 2.05 bits per heavy atom. The summed E-state index contributed by atoms with van der Waals surface area (Å²) >= 11 is 3.02. The van der Waals surface area contributed by atoms with Gasteiger partial charge < -0.3 is 4.74 Å². The number of hydrogen-bond acceptors (Lipinski definition) is 3. The lowest BCUT2D eigenvalue weighted by molar-refractivity contribution is 0.0290. The minimum atomic E-state index is -3.62. The summed E-state index contributed by atoms with van der Waals surface area (Å²) < 4.78 is 45.5. The summed E-state index contributed by atoms with van der Waals surface area (Å²) in [6.07, 6.45) is 1.46. The van der Waals surface area contributed by atoms with Gasteiger partial charge in [0, 0.05) is 19.7 Å². The molecule has 2 rings (SSSR count). The quantitative estimate of drug-likeness (QED) is 0.823. The number of benzene rings is 1. The molecule has 0 atom stereocenters. The molecule has 112 valence electrons. The zero-order valence-electron chi connectivity index (χ0n) is 11.2. The van der Waals surface area contributed by atoms with Gasteiger partial charge in [0.1, 0.15) is 5.82 Å². The molecule has 1 aliphatic rings. The molecule has 7 heteroatoms. The van der Waals surface area contributed by atoms with Gasteiger partial charge in [-0.15, -0.1) is 0 Å². The van der Waals surface area contributed by atoms with Crippen molar-refractivity contribution in [1.82, 2.24) is 4.31 Å². The number of ether oxygens (including phenoxy) is 1. The van der Waals surface area contributed by atoms with Crippen molar-refractivity contribution < 1.29 is 17.5 Å². The van der Waals surface area contributed by atoms with E-state index in [-0.39, 0.29) is 15.5 Å². The van der Waals surface area contributed by atoms with E-state index in [1.54, 1.807) is 0 Å². The molecule has 1 fully saturated rings. The molecular formula is C13H17BrFNO3S. The van der Waals surface area contributed by atoms with E-state index in [0.29, 0.717) is 32.5 Å². The summed E-state index contributed by atoms with van der Waals surface area (Å²) in [5.41, 5.74) is 0. The Kier molecular flexibility index (Phi) is 5.17. The SMILES string of the molecule is CCOC1CCN(S(=O)(=O)c2ccc(Br)c(F)c2)CC1. The van der Waals surface area contributed by atoms with Gasteiger partial charge in [0.25, 0.3) is 0 Å². The van der Waals surface area contributed by atoms with Crippen LogP contribution >= 0.6 is 15.9 Å². The molecule has 1 saturated heterocycles. The van der Waals surface area contributed by atoms with Crippen LogP contribution in [0, 0.1) is 5.82 Å². The third-order valence-electron chi connectivity index (χ3n) is 3.33. The van der Waals surface area contributed by atoms with Gasteiger partial charge in [0.15, 0.2) is 0 Å². The van der Waals surface area contributed by atoms with Crippen LogP contribution in [0.25, 0.3) is 0 Å². The maximum absolute atomic E-state index is 13.5. The molecular weight excluding hydrogens is 349 g/mol. The molecule has 0 amide bonds. The lowest BCUT2D eigenvalue weighted by atomic mass is 10.1. The first kappa shape index (κ1) is 15.9. The smallest absolute Gasteiger partial charge is 0.243 e. The molecule has 1 heterocycles. The van der Waals surface area contributed by atoms with Crippen molar-refractivity contribution in [2.24, 2.45) is 0 Å². The second-order valence-electron chi connectivity index (χ2n) is 4.63. The molecule has 1 aliphatic heterocycles. The van der Waals surface area contributed by atoms with E-state index < -0.39 is 15.8 Å². The molecule has 0 aliphatic carbocycles. The van der Waals surface area contributed by atoms with Crippen LogP contribution in [0.1, 0.15) is 19.8 Å². The Morgan fingerprint density at radius 1 is 1.40 bits per heavy atom. The van der Waals surface area contributed by atoms with Gasteiger partial charge in [-0.25, -0.2) is 12.8 Å². The van der Waals surface area contributed by atoms with Crippen LogP contribution in [0.15, 0.2) is 27.6 Å². The Hall–Kier alpha value is -0.500. The second kappa shape index (κ2) is 6.51. The van der Waals surface area contributed by atoms with Gasteiger partial charge in [-0.05, 0) is 53.9 Å². The average Bonchev–Trinajstić information content (AvgIpc) is 2.43. The first-order chi connectivity index (χ1) is 9.45. The minimum absolute atomic E-state index is 0.00643. The molecule has 0 radical (unpaired) electrons. The first-order valence-electron chi connectivity index (χ1n) is 6.52. The van der Waals surface area contributed by atoms with Crippen LogP contribution in [0.3, 0.4) is 0 Å². The van der Waals surface area contributed by atoms with E-state index in [0.717, 1.165) is 6.07 Å². The molecule has 0 N–H and O–H groups in total. The molecule has 0 aromatic heterocycles. The highest BCUT2D eigenvalue weighted by Gasteiger charge is 2.29. The van der Waals surface area contributed by atoms with Crippen molar-refractivity contribution in [2.45, 2.75) is 30.8 Å². The predicted octanol–water partition coefficient (Wildman–Crippen LogP) is 2.78. The van der Waals surface area contributed by atoms with Crippen LogP contribution in [-0.4, -0.2) is 38.5 Å². The third kappa shape index (κ3) is 3.39. The van der Waals surface area contributed by atoms with Crippen molar-refractivity contribution in [1.29, 1.82) is 0 Å². The van der Waals surface area contributed by atoms with Gasteiger partial charge in [0.2, 0.25) is 10.0 Å². The van der Waals surface area contributed by atoms with E-state index in [2.05, 4.69) is 15.9 Å². The molecule has 0 unspecified atom stereocenters. The van der Waals surface area contributed by atoms with Gasteiger partial charge in [0.05, 0.1) is 15.5 Å². The van der Waals surface area contributed by atoms with Crippen LogP contribution in [-0.2, 0) is 14.8 Å². The van der Waals surface area contributed by atoms with Gasteiger partial charge in [-0.3, -0.25) is 0 Å². The number of nitrogens with zero attached hydrogens (tertiary/aromatic N) is 1. The minimum Gasteiger partial charge on any atom is -0.378 e. The first-order valence-corrected chi connectivity index (χ1v) is 8.75.